The van der Waals surface area contributed by atoms with Gasteiger partial charge in [0, 0.05) is 29.2 Å². The van der Waals surface area contributed by atoms with E-state index >= 15 is 0 Å². The Kier molecular flexibility index (Phi) is 10.4. The van der Waals surface area contributed by atoms with Crippen LogP contribution in [-0.2, 0) is 10.5 Å². The quantitative estimate of drug-likeness (QED) is 0.150. The molecule has 2 N–H and O–H groups in total. The lowest BCUT2D eigenvalue weighted by atomic mass is 10.2. The Morgan fingerprint density at radius 1 is 1.05 bits per heavy atom. The van der Waals surface area contributed by atoms with E-state index in [0.29, 0.717) is 23.9 Å². The zero-order chi connectivity index (χ0) is 26.5. The van der Waals surface area contributed by atoms with E-state index in [-0.39, 0.29) is 11.3 Å². The van der Waals surface area contributed by atoms with Crippen molar-refractivity contribution in [2.75, 3.05) is 12.4 Å². The maximum atomic E-state index is 12.9. The van der Waals surface area contributed by atoms with Crippen molar-refractivity contribution in [3.8, 4) is 5.75 Å². The third-order valence-electron chi connectivity index (χ3n) is 4.99. The predicted molar refractivity (Wildman–Crippen MR) is 145 cm³/mol. The molecule has 1 unspecified atom stereocenters. The Morgan fingerprint density at radius 3 is 2.41 bits per heavy atom. The molecule has 0 bridgehead atoms. The standard InChI is InChI=1S/C27H26N4O5S/c1-2-16-36-24-14-8-20(9-15-24)17-28-30-27(33)25(19-37-18-21-6-4-3-5-7-21)29-26(32)22-10-12-23(13-11-22)31(34)35/h2-15,17,25H,1,16,18-19H2,(H,29,32)(H,30,33)/b28-17+. The summed E-state index contributed by atoms with van der Waals surface area (Å²) in [5.74, 6) is 0.629. The summed E-state index contributed by atoms with van der Waals surface area (Å²) in [5.41, 5.74) is 4.40. The lowest BCUT2D eigenvalue weighted by Crippen LogP contribution is -2.47. The highest BCUT2D eigenvalue weighted by molar-refractivity contribution is 7.98. The highest BCUT2D eigenvalue weighted by Gasteiger charge is 2.22. The van der Waals surface area contributed by atoms with E-state index in [4.69, 9.17) is 4.74 Å². The van der Waals surface area contributed by atoms with Gasteiger partial charge in [-0.1, -0.05) is 43.0 Å². The summed E-state index contributed by atoms with van der Waals surface area (Å²) < 4.78 is 5.44. The number of carbonyl (C=O) groups excluding carboxylic acids is 2. The first kappa shape index (κ1) is 27.2. The third kappa shape index (κ3) is 8.93. The van der Waals surface area contributed by atoms with Crippen LogP contribution in [0.3, 0.4) is 0 Å². The second-order valence-electron chi connectivity index (χ2n) is 7.73. The molecule has 10 heteroatoms. The third-order valence-corrected chi connectivity index (χ3v) is 6.10. The summed E-state index contributed by atoms with van der Waals surface area (Å²) >= 11 is 1.49. The summed E-state index contributed by atoms with van der Waals surface area (Å²) in [6.45, 7) is 4.01. The molecule has 3 aromatic carbocycles. The van der Waals surface area contributed by atoms with E-state index < -0.39 is 22.8 Å². The minimum absolute atomic E-state index is 0.126. The van der Waals surface area contributed by atoms with Gasteiger partial charge in [0.25, 0.3) is 17.5 Å². The van der Waals surface area contributed by atoms with Crippen LogP contribution in [0.15, 0.2) is 96.6 Å². The summed E-state index contributed by atoms with van der Waals surface area (Å²) in [7, 11) is 0. The van der Waals surface area contributed by atoms with Crippen LogP contribution in [0.1, 0.15) is 21.5 Å². The zero-order valence-corrected chi connectivity index (χ0v) is 20.7. The van der Waals surface area contributed by atoms with E-state index in [1.807, 2.05) is 30.3 Å². The number of nitro benzene ring substituents is 1. The number of rotatable bonds is 13. The normalized spacial score (nSPS) is 11.5. The van der Waals surface area contributed by atoms with Crippen LogP contribution in [0.5, 0.6) is 5.75 Å². The molecule has 3 rings (SSSR count). The number of hydrogen-bond acceptors (Lipinski definition) is 7. The molecule has 0 saturated carbocycles. The smallest absolute Gasteiger partial charge is 0.269 e. The van der Waals surface area contributed by atoms with E-state index in [9.17, 15) is 19.7 Å². The zero-order valence-electron chi connectivity index (χ0n) is 19.9. The SMILES string of the molecule is C=CCOc1ccc(/C=N/NC(=O)C(CSCc2ccccc2)NC(=O)c2ccc([N+](=O)[O-])cc2)cc1. The Bertz CT molecular complexity index is 1230. The number of amides is 2. The molecule has 0 radical (unpaired) electrons. The Hall–Kier alpha value is -4.44. The second kappa shape index (κ2) is 14.2. The Morgan fingerprint density at radius 2 is 1.76 bits per heavy atom. The average Bonchev–Trinajstić information content (AvgIpc) is 2.92. The first-order valence-electron chi connectivity index (χ1n) is 11.3. The van der Waals surface area contributed by atoms with Crippen molar-refractivity contribution in [1.82, 2.24) is 10.7 Å². The number of hydrogen-bond donors (Lipinski definition) is 2. The van der Waals surface area contributed by atoms with Crippen molar-refractivity contribution in [3.05, 3.63) is 118 Å². The summed E-state index contributed by atoms with van der Waals surface area (Å²) in [4.78, 5) is 36.0. The van der Waals surface area contributed by atoms with Gasteiger partial charge in [-0.25, -0.2) is 5.43 Å². The summed E-state index contributed by atoms with van der Waals surface area (Å²) in [6, 6.07) is 21.2. The second-order valence-corrected chi connectivity index (χ2v) is 8.76. The first-order chi connectivity index (χ1) is 18.0. The molecule has 2 amide bonds. The van der Waals surface area contributed by atoms with Crippen LogP contribution in [0, 0.1) is 10.1 Å². The van der Waals surface area contributed by atoms with Gasteiger partial charge in [-0.05, 0) is 47.5 Å². The van der Waals surface area contributed by atoms with Gasteiger partial charge in [0.05, 0.1) is 11.1 Å². The molecule has 0 fully saturated rings. The van der Waals surface area contributed by atoms with Crippen molar-refractivity contribution >= 4 is 35.5 Å². The van der Waals surface area contributed by atoms with Crippen LogP contribution in [0.2, 0.25) is 0 Å². The fourth-order valence-corrected chi connectivity index (χ4v) is 4.10. The number of benzene rings is 3. The number of ether oxygens (including phenoxy) is 1. The molecular formula is C27H26N4O5S. The van der Waals surface area contributed by atoms with Crippen LogP contribution in [0.4, 0.5) is 5.69 Å². The van der Waals surface area contributed by atoms with Crippen molar-refractivity contribution in [2.45, 2.75) is 11.8 Å². The molecule has 3 aromatic rings. The highest BCUT2D eigenvalue weighted by Crippen LogP contribution is 2.15. The van der Waals surface area contributed by atoms with Crippen molar-refractivity contribution < 1.29 is 19.2 Å². The molecule has 0 heterocycles. The number of non-ortho nitro benzene ring substituents is 1. The van der Waals surface area contributed by atoms with E-state index in [0.717, 1.165) is 11.1 Å². The molecule has 0 aliphatic carbocycles. The number of carbonyl (C=O) groups is 2. The molecule has 0 aliphatic rings. The minimum atomic E-state index is -0.886. The fourth-order valence-electron chi connectivity index (χ4n) is 3.08. The minimum Gasteiger partial charge on any atom is -0.490 e. The van der Waals surface area contributed by atoms with E-state index in [1.165, 1.54) is 42.2 Å². The highest BCUT2D eigenvalue weighted by atomic mass is 32.2. The van der Waals surface area contributed by atoms with Gasteiger partial charge in [0.15, 0.2) is 0 Å². The Labute approximate surface area is 218 Å². The van der Waals surface area contributed by atoms with Crippen LogP contribution in [0.25, 0.3) is 0 Å². The lowest BCUT2D eigenvalue weighted by molar-refractivity contribution is -0.384. The maximum absolute atomic E-state index is 12.9. The van der Waals surface area contributed by atoms with E-state index in [1.54, 1.807) is 30.3 Å². The van der Waals surface area contributed by atoms with Gasteiger partial charge in [-0.2, -0.15) is 16.9 Å². The van der Waals surface area contributed by atoms with Gasteiger partial charge >= 0.3 is 0 Å². The van der Waals surface area contributed by atoms with Gasteiger partial charge in [0.2, 0.25) is 0 Å². The van der Waals surface area contributed by atoms with Gasteiger partial charge in [0.1, 0.15) is 18.4 Å². The molecule has 0 aliphatic heterocycles. The number of hydrazone groups is 1. The topological polar surface area (TPSA) is 123 Å². The fraction of sp³-hybridized carbons (Fsp3) is 0.148. The average molecular weight is 519 g/mol. The molecule has 190 valence electrons. The number of nitrogens with one attached hydrogen (secondary N) is 2. The molecule has 1 atom stereocenters. The monoisotopic (exact) mass is 518 g/mol. The summed E-state index contributed by atoms with van der Waals surface area (Å²) in [5, 5.41) is 17.6. The lowest BCUT2D eigenvalue weighted by Gasteiger charge is -2.17. The number of nitrogens with zero attached hydrogens (tertiary/aromatic N) is 2. The van der Waals surface area contributed by atoms with E-state index in [2.05, 4.69) is 22.4 Å². The van der Waals surface area contributed by atoms with Crippen LogP contribution < -0.4 is 15.5 Å². The Balaban J connectivity index is 1.63. The number of thioether (sulfide) groups is 1. The molecule has 0 spiro atoms. The first-order valence-corrected chi connectivity index (χ1v) is 12.5. The van der Waals surface area contributed by atoms with Crippen LogP contribution >= 0.6 is 11.8 Å². The van der Waals surface area contributed by atoms with Gasteiger partial charge in [-0.15, -0.1) is 0 Å². The molecular weight excluding hydrogens is 492 g/mol. The maximum Gasteiger partial charge on any atom is 0.269 e. The van der Waals surface area contributed by atoms with Gasteiger partial charge in [-0.3, -0.25) is 19.7 Å². The molecule has 9 nitrogen and oxygen atoms in total. The van der Waals surface area contributed by atoms with Crippen molar-refractivity contribution in [1.29, 1.82) is 0 Å². The summed E-state index contributed by atoms with van der Waals surface area (Å²) in [6.07, 6.45) is 3.14. The van der Waals surface area contributed by atoms with Crippen LogP contribution in [-0.4, -0.2) is 41.4 Å². The van der Waals surface area contributed by atoms with Crippen molar-refractivity contribution in [2.24, 2.45) is 5.10 Å². The predicted octanol–water partition coefficient (Wildman–Crippen LogP) is 4.34. The molecule has 0 saturated heterocycles. The molecule has 37 heavy (non-hydrogen) atoms. The molecule has 0 aromatic heterocycles. The van der Waals surface area contributed by atoms with Crippen molar-refractivity contribution in [3.63, 3.8) is 0 Å². The number of nitro groups is 1. The van der Waals surface area contributed by atoms with Gasteiger partial charge < -0.3 is 10.1 Å². The largest absolute Gasteiger partial charge is 0.490 e.